The molecule has 1 amide bonds. The molecule has 0 bridgehead atoms. The molecule has 0 heterocycles. The fraction of sp³-hybridized carbons (Fsp3) is 0.111. The molecule has 0 aromatic heterocycles. The van der Waals surface area contributed by atoms with E-state index in [9.17, 15) is 4.79 Å². The lowest BCUT2D eigenvalue weighted by Crippen LogP contribution is -2.22. The van der Waals surface area contributed by atoms with Crippen molar-refractivity contribution in [1.82, 2.24) is 0 Å². The number of carbonyl (C=O) groups is 1. The molecule has 0 aliphatic rings. The number of nitrogens with one attached hydrogen (secondary N) is 1. The Hall–Kier alpha value is -1.86. The van der Waals surface area contributed by atoms with Crippen LogP contribution in [0.5, 0.6) is 0 Å². The number of hydrogen-bond acceptors (Lipinski definition) is 3. The summed E-state index contributed by atoms with van der Waals surface area (Å²) in [5.74, 6) is -0.303. The fourth-order valence-electron chi connectivity index (χ4n) is 0.891. The fourth-order valence-corrected chi connectivity index (χ4v) is 0.891. The SMILES string of the molecule is N#Cc1ccccc1NC(=O)CN. The van der Waals surface area contributed by atoms with E-state index in [1.54, 1.807) is 24.3 Å². The van der Waals surface area contributed by atoms with Gasteiger partial charge in [0.2, 0.25) is 5.91 Å². The van der Waals surface area contributed by atoms with Gasteiger partial charge in [-0.15, -0.1) is 0 Å². The zero-order valence-electron chi connectivity index (χ0n) is 6.95. The van der Waals surface area contributed by atoms with Crippen molar-refractivity contribution in [3.05, 3.63) is 29.8 Å². The van der Waals surface area contributed by atoms with Crippen LogP contribution >= 0.6 is 0 Å². The summed E-state index contributed by atoms with van der Waals surface area (Å²) in [6.07, 6.45) is 0. The third-order valence-electron chi connectivity index (χ3n) is 1.51. The number of carbonyl (C=O) groups excluding carboxylic acids is 1. The van der Waals surface area contributed by atoms with E-state index < -0.39 is 0 Å². The molecule has 0 fully saturated rings. The van der Waals surface area contributed by atoms with E-state index in [4.69, 9.17) is 11.0 Å². The summed E-state index contributed by atoms with van der Waals surface area (Å²) in [5, 5.41) is 11.2. The Morgan fingerprint density at radius 2 is 2.23 bits per heavy atom. The molecular formula is C9H9N3O. The standard InChI is InChI=1S/C9H9N3O/c10-5-7-3-1-2-4-8(7)12-9(13)6-11/h1-4H,6,11H2,(H,12,13). The Bertz CT molecular complexity index is 354. The van der Waals surface area contributed by atoms with Crippen LogP contribution in [-0.4, -0.2) is 12.5 Å². The lowest BCUT2D eigenvalue weighted by Gasteiger charge is -2.03. The van der Waals surface area contributed by atoms with Crippen molar-refractivity contribution >= 4 is 11.6 Å². The van der Waals surface area contributed by atoms with E-state index in [2.05, 4.69) is 5.32 Å². The quantitative estimate of drug-likeness (QED) is 0.685. The lowest BCUT2D eigenvalue weighted by molar-refractivity contribution is -0.114. The highest BCUT2D eigenvalue weighted by Crippen LogP contribution is 2.12. The first-order valence-corrected chi connectivity index (χ1v) is 3.77. The Labute approximate surface area is 76.0 Å². The molecule has 0 aliphatic heterocycles. The summed E-state index contributed by atoms with van der Waals surface area (Å²) >= 11 is 0. The molecule has 0 unspecified atom stereocenters. The van der Waals surface area contributed by atoms with Crippen LogP contribution in [0.15, 0.2) is 24.3 Å². The van der Waals surface area contributed by atoms with Gasteiger partial charge in [0.1, 0.15) is 6.07 Å². The summed E-state index contributed by atoms with van der Waals surface area (Å²) < 4.78 is 0. The maximum Gasteiger partial charge on any atom is 0.238 e. The number of para-hydroxylation sites is 1. The van der Waals surface area contributed by atoms with E-state index in [1.165, 1.54) is 0 Å². The number of rotatable bonds is 2. The van der Waals surface area contributed by atoms with Gasteiger partial charge in [0.05, 0.1) is 17.8 Å². The third kappa shape index (κ3) is 2.29. The zero-order chi connectivity index (χ0) is 9.68. The van der Waals surface area contributed by atoms with Crippen LogP contribution in [-0.2, 0) is 4.79 Å². The molecule has 0 spiro atoms. The van der Waals surface area contributed by atoms with E-state index in [0.29, 0.717) is 11.3 Å². The lowest BCUT2D eigenvalue weighted by atomic mass is 10.2. The number of nitrogens with zero attached hydrogens (tertiary/aromatic N) is 1. The van der Waals surface area contributed by atoms with Crippen LogP contribution in [0.25, 0.3) is 0 Å². The van der Waals surface area contributed by atoms with Gasteiger partial charge in [0, 0.05) is 0 Å². The Balaban J connectivity index is 2.89. The minimum atomic E-state index is -0.303. The molecule has 66 valence electrons. The monoisotopic (exact) mass is 175 g/mol. The molecule has 1 aromatic carbocycles. The van der Waals surface area contributed by atoms with E-state index in [1.807, 2.05) is 6.07 Å². The number of amides is 1. The molecule has 4 heteroatoms. The Morgan fingerprint density at radius 3 is 2.85 bits per heavy atom. The van der Waals surface area contributed by atoms with Gasteiger partial charge < -0.3 is 11.1 Å². The van der Waals surface area contributed by atoms with Crippen molar-refractivity contribution in [2.24, 2.45) is 5.73 Å². The first-order chi connectivity index (χ1) is 6.27. The molecule has 0 aliphatic carbocycles. The average molecular weight is 175 g/mol. The van der Waals surface area contributed by atoms with Crippen molar-refractivity contribution in [2.45, 2.75) is 0 Å². The summed E-state index contributed by atoms with van der Waals surface area (Å²) in [5.41, 5.74) is 6.05. The molecule has 1 rings (SSSR count). The molecule has 0 atom stereocenters. The highest BCUT2D eigenvalue weighted by molar-refractivity contribution is 5.93. The van der Waals surface area contributed by atoms with Gasteiger partial charge in [-0.3, -0.25) is 4.79 Å². The van der Waals surface area contributed by atoms with Crippen molar-refractivity contribution in [2.75, 3.05) is 11.9 Å². The first kappa shape index (κ1) is 9.23. The van der Waals surface area contributed by atoms with Crippen molar-refractivity contribution < 1.29 is 4.79 Å². The molecule has 13 heavy (non-hydrogen) atoms. The zero-order valence-corrected chi connectivity index (χ0v) is 6.95. The predicted molar refractivity (Wildman–Crippen MR) is 48.8 cm³/mol. The highest BCUT2D eigenvalue weighted by atomic mass is 16.1. The second kappa shape index (κ2) is 4.24. The maximum absolute atomic E-state index is 10.9. The van der Waals surface area contributed by atoms with Crippen molar-refractivity contribution in [3.63, 3.8) is 0 Å². The largest absolute Gasteiger partial charge is 0.324 e. The van der Waals surface area contributed by atoms with Gasteiger partial charge in [-0.1, -0.05) is 12.1 Å². The second-order valence-electron chi connectivity index (χ2n) is 2.41. The third-order valence-corrected chi connectivity index (χ3v) is 1.51. The second-order valence-corrected chi connectivity index (χ2v) is 2.41. The molecule has 0 saturated heterocycles. The number of benzene rings is 1. The summed E-state index contributed by atoms with van der Waals surface area (Å²) in [6, 6.07) is 8.74. The summed E-state index contributed by atoms with van der Waals surface area (Å²) in [7, 11) is 0. The molecule has 3 N–H and O–H groups in total. The maximum atomic E-state index is 10.9. The van der Waals surface area contributed by atoms with Gasteiger partial charge in [0.25, 0.3) is 0 Å². The van der Waals surface area contributed by atoms with E-state index in [0.717, 1.165) is 0 Å². The van der Waals surface area contributed by atoms with Crippen LogP contribution in [0.4, 0.5) is 5.69 Å². The van der Waals surface area contributed by atoms with Crippen LogP contribution < -0.4 is 11.1 Å². The number of nitrogens with two attached hydrogens (primary N) is 1. The average Bonchev–Trinajstić information content (AvgIpc) is 2.18. The van der Waals surface area contributed by atoms with Crippen LogP contribution in [0.2, 0.25) is 0 Å². The number of nitriles is 1. The van der Waals surface area contributed by atoms with Crippen LogP contribution in [0, 0.1) is 11.3 Å². The van der Waals surface area contributed by atoms with Gasteiger partial charge in [-0.25, -0.2) is 0 Å². The van der Waals surface area contributed by atoms with Gasteiger partial charge >= 0.3 is 0 Å². The first-order valence-electron chi connectivity index (χ1n) is 3.77. The highest BCUT2D eigenvalue weighted by Gasteiger charge is 2.02. The smallest absolute Gasteiger partial charge is 0.238 e. The minimum Gasteiger partial charge on any atom is -0.324 e. The van der Waals surface area contributed by atoms with Crippen molar-refractivity contribution in [3.8, 4) is 6.07 Å². The molecular weight excluding hydrogens is 166 g/mol. The predicted octanol–water partition coefficient (Wildman–Crippen LogP) is 0.455. The normalized spacial score (nSPS) is 8.92. The topological polar surface area (TPSA) is 78.9 Å². The molecule has 1 aromatic rings. The molecule has 0 radical (unpaired) electrons. The van der Waals surface area contributed by atoms with Crippen LogP contribution in [0.1, 0.15) is 5.56 Å². The van der Waals surface area contributed by atoms with Gasteiger partial charge in [0.15, 0.2) is 0 Å². The Morgan fingerprint density at radius 1 is 1.54 bits per heavy atom. The van der Waals surface area contributed by atoms with Crippen LogP contribution in [0.3, 0.4) is 0 Å². The number of hydrogen-bond donors (Lipinski definition) is 2. The summed E-state index contributed by atoms with van der Waals surface area (Å²) in [4.78, 5) is 10.9. The summed E-state index contributed by atoms with van der Waals surface area (Å²) in [6.45, 7) is -0.0836. The minimum absolute atomic E-state index is 0.0836. The Kier molecular flexibility index (Phi) is 3.01. The van der Waals surface area contributed by atoms with E-state index in [-0.39, 0.29) is 12.5 Å². The van der Waals surface area contributed by atoms with Gasteiger partial charge in [-0.2, -0.15) is 5.26 Å². The van der Waals surface area contributed by atoms with Crippen molar-refractivity contribution in [1.29, 1.82) is 5.26 Å². The van der Waals surface area contributed by atoms with Gasteiger partial charge in [-0.05, 0) is 12.1 Å². The number of anilines is 1. The molecule has 4 nitrogen and oxygen atoms in total. The van der Waals surface area contributed by atoms with E-state index >= 15 is 0 Å². The molecule has 0 saturated carbocycles.